The molecule has 2 aromatic rings. The zero-order valence-corrected chi connectivity index (χ0v) is 19.1. The van der Waals surface area contributed by atoms with Gasteiger partial charge in [0.25, 0.3) is 0 Å². The Morgan fingerprint density at radius 1 is 0.963 bits per heavy atom. The van der Waals surface area contributed by atoms with Gasteiger partial charge in [0.1, 0.15) is 0 Å². The van der Waals surface area contributed by atoms with Crippen molar-refractivity contribution in [1.29, 1.82) is 0 Å². The highest BCUT2D eigenvalue weighted by molar-refractivity contribution is 6.58. The van der Waals surface area contributed by atoms with Crippen LogP contribution in [0.4, 0.5) is 0 Å². The van der Waals surface area contributed by atoms with Crippen LogP contribution in [0.25, 0.3) is 17.2 Å². The summed E-state index contributed by atoms with van der Waals surface area (Å²) in [7, 11) is -0.770. The molecule has 4 rings (SSSR count). The molecule has 0 spiro atoms. The highest BCUT2D eigenvalue weighted by Gasteiger charge is 2.31. The number of benzene rings is 2. The van der Waals surface area contributed by atoms with Crippen LogP contribution in [0.5, 0.6) is 0 Å². The third kappa shape index (κ3) is 3.25. The van der Waals surface area contributed by atoms with Gasteiger partial charge in [0.15, 0.2) is 0 Å². The first kappa shape index (κ1) is 18.7. The number of hydrogen-bond acceptors (Lipinski definition) is 0. The van der Waals surface area contributed by atoms with Gasteiger partial charge in [-0.15, -0.1) is 0 Å². The van der Waals surface area contributed by atoms with E-state index in [0.29, 0.717) is 0 Å². The first-order chi connectivity index (χ1) is 12.8. The minimum atomic E-state index is -0.770. The van der Waals surface area contributed by atoms with E-state index in [4.69, 9.17) is 0 Å². The van der Waals surface area contributed by atoms with Crippen LogP contribution in [0.1, 0.15) is 73.9 Å². The zero-order chi connectivity index (χ0) is 19.3. The maximum Gasteiger partial charge on any atom is 0.0439 e. The molecule has 142 valence electrons. The summed E-state index contributed by atoms with van der Waals surface area (Å²) in [6.45, 7) is 14.3. The Morgan fingerprint density at radius 2 is 1.63 bits per heavy atom. The van der Waals surface area contributed by atoms with Crippen LogP contribution in [-0.2, 0) is 18.3 Å². The van der Waals surface area contributed by atoms with Crippen molar-refractivity contribution in [1.82, 2.24) is 0 Å². The van der Waals surface area contributed by atoms with E-state index in [-0.39, 0.29) is 5.41 Å². The quantitative estimate of drug-likeness (QED) is 0.494. The molecule has 1 unspecified atom stereocenters. The predicted octanol–water partition coefficient (Wildman–Crippen LogP) is 7.06. The normalized spacial score (nSPS) is 19.1. The molecule has 0 saturated heterocycles. The second kappa shape index (κ2) is 6.78. The molecule has 0 N–H and O–H groups in total. The average Bonchev–Trinajstić information content (AvgIpc) is 2.94. The van der Waals surface area contributed by atoms with Crippen LogP contribution in [-0.4, -0.2) is 8.80 Å². The first-order valence-electron chi connectivity index (χ1n) is 10.7. The number of aryl methyl sites for hydroxylation is 1. The van der Waals surface area contributed by atoms with E-state index in [9.17, 15) is 0 Å². The van der Waals surface area contributed by atoms with Crippen molar-refractivity contribution in [3.05, 3.63) is 63.7 Å². The van der Waals surface area contributed by atoms with Crippen molar-refractivity contribution in [2.24, 2.45) is 0 Å². The molecule has 0 radical (unpaired) electrons. The Labute approximate surface area is 167 Å². The first-order valence-corrected chi connectivity index (χ1v) is 13.7. The highest BCUT2D eigenvalue weighted by Crippen LogP contribution is 2.46. The van der Waals surface area contributed by atoms with Crippen LogP contribution >= 0.6 is 0 Å². The Bertz CT molecular complexity index is 891. The molecule has 2 aliphatic carbocycles. The molecule has 2 aromatic carbocycles. The van der Waals surface area contributed by atoms with E-state index in [2.05, 4.69) is 77.2 Å². The summed E-state index contributed by atoms with van der Waals surface area (Å²) in [6.07, 6.45) is 7.72. The minimum absolute atomic E-state index is 0.210. The van der Waals surface area contributed by atoms with E-state index < -0.39 is 8.80 Å². The van der Waals surface area contributed by atoms with Gasteiger partial charge >= 0.3 is 0 Å². The van der Waals surface area contributed by atoms with Gasteiger partial charge < -0.3 is 0 Å². The lowest BCUT2D eigenvalue weighted by molar-refractivity contribution is 0.590. The summed E-state index contributed by atoms with van der Waals surface area (Å²) < 4.78 is 0. The second-order valence-corrected chi connectivity index (χ2v) is 13.2. The van der Waals surface area contributed by atoms with Gasteiger partial charge in [-0.1, -0.05) is 75.8 Å². The van der Waals surface area contributed by atoms with Gasteiger partial charge in [0.2, 0.25) is 0 Å². The van der Waals surface area contributed by atoms with Crippen molar-refractivity contribution in [2.75, 3.05) is 0 Å². The number of allylic oxidation sites excluding steroid dienone is 1. The standard InChI is InChI=1S/C26H34Si/c1-17-15-22-23(25(17)27(5)6)16-19-9-7-8-10-21(19)24(22)18-11-13-20(14-12-18)26(2,3)4/h11-16,25,27H,7-10H2,1-6H3. The molecule has 0 aromatic heterocycles. The van der Waals surface area contributed by atoms with Crippen LogP contribution < -0.4 is 0 Å². The van der Waals surface area contributed by atoms with Gasteiger partial charge in [-0.3, -0.25) is 0 Å². The fourth-order valence-corrected chi connectivity index (χ4v) is 7.41. The van der Waals surface area contributed by atoms with Crippen LogP contribution in [0.2, 0.25) is 13.1 Å². The molecular weight excluding hydrogens is 340 g/mol. The van der Waals surface area contributed by atoms with Crippen molar-refractivity contribution in [3.63, 3.8) is 0 Å². The summed E-state index contributed by atoms with van der Waals surface area (Å²) in [4.78, 5) is 0. The van der Waals surface area contributed by atoms with Gasteiger partial charge in [-0.05, 0) is 82.5 Å². The molecule has 2 aliphatic rings. The maximum absolute atomic E-state index is 2.60. The van der Waals surface area contributed by atoms with Gasteiger partial charge in [0, 0.05) is 8.80 Å². The fraction of sp³-hybridized carbons (Fsp3) is 0.462. The number of rotatable bonds is 2. The van der Waals surface area contributed by atoms with E-state index >= 15 is 0 Å². The maximum atomic E-state index is 2.60. The lowest BCUT2D eigenvalue weighted by atomic mass is 9.80. The molecule has 1 atom stereocenters. The van der Waals surface area contributed by atoms with E-state index in [1.54, 1.807) is 33.4 Å². The van der Waals surface area contributed by atoms with E-state index in [1.165, 1.54) is 36.8 Å². The van der Waals surface area contributed by atoms with Crippen molar-refractivity contribution >= 4 is 14.9 Å². The zero-order valence-electron chi connectivity index (χ0n) is 17.9. The largest absolute Gasteiger partial charge is 0.0714 e. The summed E-state index contributed by atoms with van der Waals surface area (Å²) in [5, 5.41) is 0. The fourth-order valence-electron chi connectivity index (χ4n) is 5.27. The lowest BCUT2D eigenvalue weighted by Gasteiger charge is -2.26. The smallest absolute Gasteiger partial charge is 0.0439 e. The molecule has 0 nitrogen and oxygen atoms in total. The number of fused-ring (bicyclic) bond motifs is 2. The molecular formula is C26H34Si. The predicted molar refractivity (Wildman–Crippen MR) is 122 cm³/mol. The summed E-state index contributed by atoms with van der Waals surface area (Å²) in [6, 6.07) is 12.1. The summed E-state index contributed by atoms with van der Waals surface area (Å²) in [5.74, 6) is 0. The average molecular weight is 375 g/mol. The van der Waals surface area contributed by atoms with Crippen molar-refractivity contribution < 1.29 is 0 Å². The highest BCUT2D eigenvalue weighted by atomic mass is 28.3. The molecule has 0 fully saturated rings. The summed E-state index contributed by atoms with van der Waals surface area (Å²) >= 11 is 0. The van der Waals surface area contributed by atoms with E-state index in [0.717, 1.165) is 5.54 Å². The van der Waals surface area contributed by atoms with Gasteiger partial charge in [-0.25, -0.2) is 0 Å². The monoisotopic (exact) mass is 374 g/mol. The Hall–Kier alpha value is -1.60. The molecule has 1 heteroatoms. The molecule has 0 bridgehead atoms. The van der Waals surface area contributed by atoms with Crippen LogP contribution in [0, 0.1) is 0 Å². The SMILES string of the molecule is CC1=Cc2c(cc3c(c2-c2ccc(C(C)(C)C)cc2)CCCC3)C1[SiH](C)C. The molecule has 0 aliphatic heterocycles. The Balaban J connectivity index is 1.92. The molecule has 0 amide bonds. The minimum Gasteiger partial charge on any atom is -0.0714 e. The van der Waals surface area contributed by atoms with Crippen LogP contribution in [0.3, 0.4) is 0 Å². The third-order valence-electron chi connectivity index (χ3n) is 6.63. The Kier molecular flexibility index (Phi) is 4.70. The lowest BCUT2D eigenvalue weighted by Crippen LogP contribution is -2.17. The number of hydrogen-bond donors (Lipinski definition) is 0. The topological polar surface area (TPSA) is 0 Å². The second-order valence-electron chi connectivity index (χ2n) is 10.0. The third-order valence-corrected chi connectivity index (χ3v) is 8.84. The molecule has 0 heterocycles. The summed E-state index contributed by atoms with van der Waals surface area (Å²) in [5.41, 5.74) is 13.4. The van der Waals surface area contributed by atoms with Crippen molar-refractivity contribution in [3.8, 4) is 11.1 Å². The van der Waals surface area contributed by atoms with Gasteiger partial charge in [0.05, 0.1) is 0 Å². The molecule has 27 heavy (non-hydrogen) atoms. The molecule has 0 saturated carbocycles. The Morgan fingerprint density at radius 3 is 2.26 bits per heavy atom. The van der Waals surface area contributed by atoms with Gasteiger partial charge in [-0.2, -0.15) is 0 Å². The van der Waals surface area contributed by atoms with Crippen molar-refractivity contribution in [2.45, 2.75) is 77.4 Å². The van der Waals surface area contributed by atoms with E-state index in [1.807, 2.05) is 0 Å². The van der Waals surface area contributed by atoms with Crippen LogP contribution in [0.15, 0.2) is 35.9 Å².